The Kier molecular flexibility index (Phi) is 4.32. The lowest BCUT2D eigenvalue weighted by molar-refractivity contribution is -0.142. The summed E-state index contributed by atoms with van der Waals surface area (Å²) in [7, 11) is 0. The lowest BCUT2D eigenvalue weighted by Gasteiger charge is -2.16. The first-order chi connectivity index (χ1) is 9.40. The largest absolute Gasteiger partial charge is 0.435 e. The van der Waals surface area contributed by atoms with Crippen molar-refractivity contribution in [3.05, 3.63) is 18.0 Å². The molecule has 0 radical (unpaired) electrons. The van der Waals surface area contributed by atoms with E-state index in [-0.39, 0.29) is 25.0 Å². The van der Waals surface area contributed by atoms with Crippen molar-refractivity contribution >= 4 is 5.91 Å². The zero-order valence-electron chi connectivity index (χ0n) is 10.8. The van der Waals surface area contributed by atoms with Crippen molar-refractivity contribution < 1.29 is 23.1 Å². The third kappa shape index (κ3) is 3.50. The number of aliphatic hydroxyl groups excluding tert-OH is 1. The number of likely N-dealkylation sites (tertiary alicyclic amines) is 1. The summed E-state index contributed by atoms with van der Waals surface area (Å²) in [6.45, 7) is 1.02. The SMILES string of the molecule is O=C(Cn1ccc(C(F)(F)F)n1)N1CCC(CCO)C1. The second-order valence-electron chi connectivity index (χ2n) is 4.90. The maximum absolute atomic E-state index is 12.4. The Morgan fingerprint density at radius 2 is 2.25 bits per heavy atom. The molecule has 1 N–H and O–H groups in total. The zero-order valence-corrected chi connectivity index (χ0v) is 10.8. The summed E-state index contributed by atoms with van der Waals surface area (Å²) in [5, 5.41) is 12.2. The van der Waals surface area contributed by atoms with Crippen LogP contribution in [0.3, 0.4) is 0 Å². The summed E-state index contributed by atoms with van der Waals surface area (Å²) in [4.78, 5) is 13.6. The van der Waals surface area contributed by atoms with Gasteiger partial charge >= 0.3 is 6.18 Å². The standard InChI is InChI=1S/C12H16F3N3O2/c13-12(14,15)10-2-5-18(16-10)8-11(20)17-4-1-9(7-17)3-6-19/h2,5,9,19H,1,3-4,6-8H2. The highest BCUT2D eigenvalue weighted by atomic mass is 19.4. The second-order valence-corrected chi connectivity index (χ2v) is 4.90. The summed E-state index contributed by atoms with van der Waals surface area (Å²) < 4.78 is 38.1. The number of hydrogen-bond acceptors (Lipinski definition) is 3. The Labute approximate surface area is 114 Å². The third-order valence-corrected chi connectivity index (χ3v) is 3.40. The molecule has 1 aromatic heterocycles. The van der Waals surface area contributed by atoms with Crippen LogP contribution in [0.2, 0.25) is 0 Å². The van der Waals surface area contributed by atoms with E-state index >= 15 is 0 Å². The molecular weight excluding hydrogens is 275 g/mol. The minimum absolute atomic E-state index is 0.0841. The fourth-order valence-electron chi connectivity index (χ4n) is 2.32. The number of nitrogens with zero attached hydrogens (tertiary/aromatic N) is 3. The molecule has 1 atom stereocenters. The van der Waals surface area contributed by atoms with Crippen LogP contribution >= 0.6 is 0 Å². The summed E-state index contributed by atoms with van der Waals surface area (Å²) >= 11 is 0. The number of carbonyl (C=O) groups excluding carboxylic acids is 1. The van der Waals surface area contributed by atoms with Crippen LogP contribution in [0, 0.1) is 5.92 Å². The topological polar surface area (TPSA) is 58.4 Å². The fourth-order valence-corrected chi connectivity index (χ4v) is 2.32. The van der Waals surface area contributed by atoms with Crippen LogP contribution in [0.25, 0.3) is 0 Å². The highest BCUT2D eigenvalue weighted by Gasteiger charge is 2.34. The predicted molar refractivity (Wildman–Crippen MR) is 63.6 cm³/mol. The number of aliphatic hydroxyl groups is 1. The minimum Gasteiger partial charge on any atom is -0.396 e. The van der Waals surface area contributed by atoms with Crippen LogP contribution in [-0.2, 0) is 17.5 Å². The fraction of sp³-hybridized carbons (Fsp3) is 0.667. The van der Waals surface area contributed by atoms with Crippen molar-refractivity contribution in [1.82, 2.24) is 14.7 Å². The van der Waals surface area contributed by atoms with Crippen LogP contribution in [0.1, 0.15) is 18.5 Å². The molecule has 1 amide bonds. The van der Waals surface area contributed by atoms with Gasteiger partial charge in [-0.05, 0) is 24.8 Å². The molecular formula is C12H16F3N3O2. The summed E-state index contributed by atoms with van der Waals surface area (Å²) in [5.74, 6) is 0.0228. The summed E-state index contributed by atoms with van der Waals surface area (Å²) in [6, 6.07) is 0.853. The lowest BCUT2D eigenvalue weighted by Crippen LogP contribution is -2.32. The van der Waals surface area contributed by atoms with E-state index in [1.165, 1.54) is 0 Å². The molecule has 5 nitrogen and oxygen atoms in total. The number of alkyl halides is 3. The van der Waals surface area contributed by atoms with Gasteiger partial charge in [0, 0.05) is 25.9 Å². The van der Waals surface area contributed by atoms with Gasteiger partial charge in [-0.25, -0.2) is 0 Å². The van der Waals surface area contributed by atoms with Gasteiger partial charge in [-0.3, -0.25) is 9.48 Å². The van der Waals surface area contributed by atoms with Gasteiger partial charge in [-0.1, -0.05) is 0 Å². The van der Waals surface area contributed by atoms with Crippen molar-refractivity contribution in [1.29, 1.82) is 0 Å². The maximum Gasteiger partial charge on any atom is 0.435 e. The molecule has 112 valence electrons. The number of hydrogen-bond donors (Lipinski definition) is 1. The predicted octanol–water partition coefficient (Wildman–Crippen LogP) is 1.13. The van der Waals surface area contributed by atoms with Gasteiger partial charge < -0.3 is 10.0 Å². The van der Waals surface area contributed by atoms with Crippen LogP contribution < -0.4 is 0 Å². The van der Waals surface area contributed by atoms with E-state index in [9.17, 15) is 18.0 Å². The number of carbonyl (C=O) groups is 1. The Balaban J connectivity index is 1.90. The number of aromatic nitrogens is 2. The van der Waals surface area contributed by atoms with Crippen LogP contribution in [0.5, 0.6) is 0 Å². The van der Waals surface area contributed by atoms with Gasteiger partial charge in [-0.2, -0.15) is 18.3 Å². The molecule has 0 bridgehead atoms. The molecule has 20 heavy (non-hydrogen) atoms. The van der Waals surface area contributed by atoms with E-state index in [2.05, 4.69) is 5.10 Å². The van der Waals surface area contributed by atoms with Gasteiger partial charge in [0.2, 0.25) is 5.91 Å². The smallest absolute Gasteiger partial charge is 0.396 e. The monoisotopic (exact) mass is 291 g/mol. The van der Waals surface area contributed by atoms with Crippen molar-refractivity contribution in [2.75, 3.05) is 19.7 Å². The highest BCUT2D eigenvalue weighted by molar-refractivity contribution is 5.76. The van der Waals surface area contributed by atoms with Gasteiger partial charge in [0.05, 0.1) is 0 Å². The second kappa shape index (κ2) is 5.82. The van der Waals surface area contributed by atoms with E-state index in [0.29, 0.717) is 19.5 Å². The molecule has 0 spiro atoms. The van der Waals surface area contributed by atoms with E-state index in [4.69, 9.17) is 5.11 Å². The molecule has 0 saturated carbocycles. The van der Waals surface area contributed by atoms with Gasteiger partial charge in [0.25, 0.3) is 0 Å². The van der Waals surface area contributed by atoms with Crippen molar-refractivity contribution in [3.8, 4) is 0 Å². The Hall–Kier alpha value is -1.57. The molecule has 1 aliphatic heterocycles. The highest BCUT2D eigenvalue weighted by Crippen LogP contribution is 2.27. The molecule has 8 heteroatoms. The Bertz CT molecular complexity index is 473. The van der Waals surface area contributed by atoms with E-state index in [1.54, 1.807) is 4.90 Å². The van der Waals surface area contributed by atoms with Crippen LogP contribution in [0.4, 0.5) is 13.2 Å². The lowest BCUT2D eigenvalue weighted by atomic mass is 10.1. The van der Waals surface area contributed by atoms with Gasteiger partial charge in [0.1, 0.15) is 6.54 Å². The molecule has 1 saturated heterocycles. The molecule has 1 unspecified atom stereocenters. The number of halogens is 3. The van der Waals surface area contributed by atoms with E-state index < -0.39 is 11.9 Å². The first-order valence-corrected chi connectivity index (χ1v) is 6.39. The van der Waals surface area contributed by atoms with Crippen molar-refractivity contribution in [3.63, 3.8) is 0 Å². The summed E-state index contributed by atoms with van der Waals surface area (Å²) in [6.07, 6.45) is -1.88. The quantitative estimate of drug-likeness (QED) is 0.905. The Morgan fingerprint density at radius 3 is 2.85 bits per heavy atom. The molecule has 2 rings (SSSR count). The van der Waals surface area contributed by atoms with E-state index in [1.807, 2.05) is 0 Å². The first-order valence-electron chi connectivity index (χ1n) is 6.39. The summed E-state index contributed by atoms with van der Waals surface area (Å²) in [5.41, 5.74) is -0.995. The van der Waals surface area contributed by atoms with Gasteiger partial charge in [0.15, 0.2) is 5.69 Å². The van der Waals surface area contributed by atoms with Crippen LogP contribution in [-0.4, -0.2) is 45.4 Å². The first kappa shape index (κ1) is 14.8. The molecule has 2 heterocycles. The molecule has 1 aromatic rings. The molecule has 0 aliphatic carbocycles. The third-order valence-electron chi connectivity index (χ3n) is 3.40. The average molecular weight is 291 g/mol. The van der Waals surface area contributed by atoms with Crippen molar-refractivity contribution in [2.24, 2.45) is 5.92 Å². The van der Waals surface area contributed by atoms with E-state index in [0.717, 1.165) is 23.4 Å². The number of rotatable bonds is 4. The normalized spacial score (nSPS) is 19.6. The van der Waals surface area contributed by atoms with Crippen molar-refractivity contribution in [2.45, 2.75) is 25.6 Å². The maximum atomic E-state index is 12.4. The molecule has 0 aromatic carbocycles. The molecule has 1 aliphatic rings. The Morgan fingerprint density at radius 1 is 1.50 bits per heavy atom. The number of amides is 1. The zero-order chi connectivity index (χ0) is 14.8. The van der Waals surface area contributed by atoms with Crippen LogP contribution in [0.15, 0.2) is 12.3 Å². The average Bonchev–Trinajstić information content (AvgIpc) is 2.97. The minimum atomic E-state index is -4.49. The van der Waals surface area contributed by atoms with Gasteiger partial charge in [-0.15, -0.1) is 0 Å². The molecule has 1 fully saturated rings.